The first-order chi connectivity index (χ1) is 7.86. The summed E-state index contributed by atoms with van der Waals surface area (Å²) in [5, 5.41) is 10.3. The zero-order valence-corrected chi connectivity index (χ0v) is 9.39. The molecule has 0 amide bonds. The molecule has 0 aliphatic carbocycles. The van der Waals surface area contributed by atoms with Crippen molar-refractivity contribution in [3.8, 4) is 0 Å². The number of ether oxygens (including phenoxy) is 1. The Morgan fingerprint density at radius 1 is 1.50 bits per heavy atom. The van der Waals surface area contributed by atoms with Gasteiger partial charge in [-0.2, -0.15) is 0 Å². The van der Waals surface area contributed by atoms with Gasteiger partial charge in [-0.3, -0.25) is 0 Å². The molecule has 0 unspecified atom stereocenters. The summed E-state index contributed by atoms with van der Waals surface area (Å²) in [5.41, 5.74) is 1.82. The summed E-state index contributed by atoms with van der Waals surface area (Å²) in [7, 11) is 0. The van der Waals surface area contributed by atoms with E-state index in [0.29, 0.717) is 6.61 Å². The molecule has 0 radical (unpaired) electrons. The van der Waals surface area contributed by atoms with Gasteiger partial charge < -0.3 is 14.4 Å². The highest BCUT2D eigenvalue weighted by Gasteiger charge is 2.07. The van der Waals surface area contributed by atoms with Crippen LogP contribution in [0.5, 0.6) is 0 Å². The van der Waals surface area contributed by atoms with E-state index < -0.39 is 0 Å². The fourth-order valence-corrected chi connectivity index (χ4v) is 1.80. The molecule has 1 N–H and O–H groups in total. The number of aliphatic hydroxyl groups excluding tert-OH is 1. The van der Waals surface area contributed by atoms with E-state index >= 15 is 0 Å². The summed E-state index contributed by atoms with van der Waals surface area (Å²) in [6.45, 7) is 4.18. The number of nitrogens with zero attached hydrogens (tertiary/aromatic N) is 2. The monoisotopic (exact) mass is 220 g/mol. The fourth-order valence-electron chi connectivity index (χ4n) is 1.80. The van der Waals surface area contributed by atoms with E-state index in [0.717, 1.165) is 29.7 Å². The molecule has 0 fully saturated rings. The average Bonchev–Trinajstić information content (AvgIpc) is 2.68. The number of aromatic nitrogens is 2. The summed E-state index contributed by atoms with van der Waals surface area (Å²) in [4.78, 5) is 4.32. The van der Waals surface area contributed by atoms with Crippen molar-refractivity contribution in [2.45, 2.75) is 20.1 Å². The second-order valence-corrected chi connectivity index (χ2v) is 3.58. The molecule has 0 aromatic carbocycles. The van der Waals surface area contributed by atoms with Crippen LogP contribution in [0.15, 0.2) is 24.5 Å². The number of hydrogen-bond donors (Lipinski definition) is 1. The average molecular weight is 220 g/mol. The van der Waals surface area contributed by atoms with E-state index in [1.54, 1.807) is 6.20 Å². The standard InChI is InChI=1S/C12H16N2O2/c1-2-16-7-6-14-8-10(9-15)11-4-3-5-13-12(11)14/h3-5,8,15H,2,6-7,9H2,1H3. The Morgan fingerprint density at radius 2 is 2.38 bits per heavy atom. The predicted octanol–water partition coefficient (Wildman–Crippen LogP) is 1.57. The van der Waals surface area contributed by atoms with Gasteiger partial charge in [-0.15, -0.1) is 0 Å². The minimum absolute atomic E-state index is 0.0455. The fraction of sp³-hybridized carbons (Fsp3) is 0.417. The van der Waals surface area contributed by atoms with Gasteiger partial charge in [0.05, 0.1) is 13.2 Å². The van der Waals surface area contributed by atoms with Crippen molar-refractivity contribution in [1.82, 2.24) is 9.55 Å². The van der Waals surface area contributed by atoms with Gasteiger partial charge in [0.15, 0.2) is 0 Å². The molecule has 0 spiro atoms. The Kier molecular flexibility index (Phi) is 3.54. The molecule has 2 aromatic heterocycles. The van der Waals surface area contributed by atoms with Crippen molar-refractivity contribution in [3.63, 3.8) is 0 Å². The SMILES string of the molecule is CCOCCn1cc(CO)c2cccnc21. The number of rotatable bonds is 5. The molecule has 86 valence electrons. The maximum absolute atomic E-state index is 9.25. The highest BCUT2D eigenvalue weighted by molar-refractivity contribution is 5.80. The Hall–Kier alpha value is -1.39. The first-order valence-electron chi connectivity index (χ1n) is 5.48. The maximum atomic E-state index is 9.25. The molecule has 0 aliphatic rings. The zero-order chi connectivity index (χ0) is 11.4. The maximum Gasteiger partial charge on any atom is 0.140 e. The summed E-state index contributed by atoms with van der Waals surface area (Å²) >= 11 is 0. The summed E-state index contributed by atoms with van der Waals surface area (Å²) in [5.74, 6) is 0. The molecule has 4 nitrogen and oxygen atoms in total. The lowest BCUT2D eigenvalue weighted by Crippen LogP contribution is -2.05. The second kappa shape index (κ2) is 5.09. The van der Waals surface area contributed by atoms with E-state index in [4.69, 9.17) is 4.74 Å². The Morgan fingerprint density at radius 3 is 3.12 bits per heavy atom. The van der Waals surface area contributed by atoms with Crippen LogP contribution in [-0.4, -0.2) is 27.9 Å². The zero-order valence-electron chi connectivity index (χ0n) is 9.39. The quantitative estimate of drug-likeness (QED) is 0.778. The van der Waals surface area contributed by atoms with E-state index in [1.165, 1.54) is 0 Å². The first kappa shape index (κ1) is 11.1. The Bertz CT molecular complexity index is 465. The van der Waals surface area contributed by atoms with Crippen LogP contribution in [0, 0.1) is 0 Å². The molecule has 0 atom stereocenters. The van der Waals surface area contributed by atoms with Crippen LogP contribution < -0.4 is 0 Å². The van der Waals surface area contributed by atoms with Crippen molar-refractivity contribution in [2.24, 2.45) is 0 Å². The van der Waals surface area contributed by atoms with Crippen molar-refractivity contribution in [1.29, 1.82) is 0 Å². The third-order valence-corrected chi connectivity index (χ3v) is 2.57. The number of fused-ring (bicyclic) bond motifs is 1. The molecule has 0 saturated carbocycles. The van der Waals surface area contributed by atoms with Gasteiger partial charge in [0.25, 0.3) is 0 Å². The summed E-state index contributed by atoms with van der Waals surface area (Å²) < 4.78 is 7.34. The minimum Gasteiger partial charge on any atom is -0.392 e. The smallest absolute Gasteiger partial charge is 0.140 e. The van der Waals surface area contributed by atoms with E-state index in [-0.39, 0.29) is 6.61 Å². The van der Waals surface area contributed by atoms with Gasteiger partial charge in [-0.05, 0) is 19.1 Å². The van der Waals surface area contributed by atoms with Crippen LogP contribution in [0.4, 0.5) is 0 Å². The van der Waals surface area contributed by atoms with E-state index in [2.05, 4.69) is 4.98 Å². The first-order valence-corrected chi connectivity index (χ1v) is 5.48. The lowest BCUT2D eigenvalue weighted by atomic mass is 10.2. The van der Waals surface area contributed by atoms with Gasteiger partial charge in [0.1, 0.15) is 5.65 Å². The van der Waals surface area contributed by atoms with Crippen LogP contribution in [-0.2, 0) is 17.9 Å². The largest absolute Gasteiger partial charge is 0.392 e. The van der Waals surface area contributed by atoms with Gasteiger partial charge in [0, 0.05) is 36.5 Å². The third-order valence-electron chi connectivity index (χ3n) is 2.57. The van der Waals surface area contributed by atoms with Crippen molar-refractivity contribution in [3.05, 3.63) is 30.1 Å². The van der Waals surface area contributed by atoms with E-state index in [1.807, 2.05) is 29.8 Å². The molecular weight excluding hydrogens is 204 g/mol. The second-order valence-electron chi connectivity index (χ2n) is 3.58. The van der Waals surface area contributed by atoms with E-state index in [9.17, 15) is 5.11 Å². The summed E-state index contributed by atoms with van der Waals surface area (Å²) in [6, 6.07) is 3.86. The number of pyridine rings is 1. The highest BCUT2D eigenvalue weighted by Crippen LogP contribution is 2.18. The van der Waals surface area contributed by atoms with Crippen LogP contribution in [0.3, 0.4) is 0 Å². The summed E-state index contributed by atoms with van der Waals surface area (Å²) in [6.07, 6.45) is 3.71. The van der Waals surface area contributed by atoms with Crippen molar-refractivity contribution in [2.75, 3.05) is 13.2 Å². The van der Waals surface area contributed by atoms with Crippen LogP contribution in [0.1, 0.15) is 12.5 Å². The number of hydrogen-bond acceptors (Lipinski definition) is 3. The molecular formula is C12H16N2O2. The molecule has 4 heteroatoms. The van der Waals surface area contributed by atoms with Gasteiger partial charge >= 0.3 is 0 Å². The number of aliphatic hydroxyl groups is 1. The normalized spacial score (nSPS) is 11.1. The Labute approximate surface area is 94.5 Å². The molecule has 0 aliphatic heterocycles. The molecule has 0 saturated heterocycles. The minimum atomic E-state index is 0.0455. The Balaban J connectivity index is 2.30. The van der Waals surface area contributed by atoms with Crippen LogP contribution in [0.25, 0.3) is 11.0 Å². The van der Waals surface area contributed by atoms with Gasteiger partial charge in [-0.25, -0.2) is 4.98 Å². The molecule has 2 aromatic rings. The van der Waals surface area contributed by atoms with Gasteiger partial charge in [0.2, 0.25) is 0 Å². The molecule has 0 bridgehead atoms. The van der Waals surface area contributed by atoms with Gasteiger partial charge in [-0.1, -0.05) is 0 Å². The van der Waals surface area contributed by atoms with Crippen LogP contribution in [0.2, 0.25) is 0 Å². The molecule has 2 heterocycles. The topological polar surface area (TPSA) is 47.3 Å². The highest BCUT2D eigenvalue weighted by atomic mass is 16.5. The molecule has 2 rings (SSSR count). The lowest BCUT2D eigenvalue weighted by molar-refractivity contribution is 0.139. The van der Waals surface area contributed by atoms with Crippen molar-refractivity contribution >= 4 is 11.0 Å². The third kappa shape index (κ3) is 2.08. The predicted molar refractivity (Wildman–Crippen MR) is 62.1 cm³/mol. The lowest BCUT2D eigenvalue weighted by Gasteiger charge is -2.03. The van der Waals surface area contributed by atoms with Crippen molar-refractivity contribution < 1.29 is 9.84 Å². The molecule has 16 heavy (non-hydrogen) atoms. The van der Waals surface area contributed by atoms with Crippen LogP contribution >= 0.6 is 0 Å².